The summed E-state index contributed by atoms with van der Waals surface area (Å²) in [6.45, 7) is 6.29. The number of amides is 1. The largest absolute Gasteiger partial charge is 0.462 e. The van der Waals surface area contributed by atoms with Crippen molar-refractivity contribution < 1.29 is 14.3 Å². The maximum absolute atomic E-state index is 12.4. The summed E-state index contributed by atoms with van der Waals surface area (Å²) >= 11 is 5.88. The number of carbonyl (C=O) groups is 2. The molecule has 0 saturated carbocycles. The van der Waals surface area contributed by atoms with E-state index < -0.39 is 0 Å². The van der Waals surface area contributed by atoms with Crippen LogP contribution in [0.15, 0.2) is 54.6 Å². The monoisotopic (exact) mass is 426 g/mol. The Morgan fingerprint density at radius 2 is 1.67 bits per heavy atom. The van der Waals surface area contributed by atoms with Crippen LogP contribution in [0.3, 0.4) is 0 Å². The van der Waals surface area contributed by atoms with Gasteiger partial charge in [0.25, 0.3) is 0 Å². The van der Waals surface area contributed by atoms with Gasteiger partial charge in [-0.15, -0.1) is 0 Å². The van der Waals surface area contributed by atoms with Crippen molar-refractivity contribution in [1.29, 1.82) is 0 Å². The van der Waals surface area contributed by atoms with E-state index in [1.807, 2.05) is 59.5 Å². The normalized spacial score (nSPS) is 14.8. The Hall–Kier alpha value is -2.63. The molecule has 0 atom stereocenters. The van der Waals surface area contributed by atoms with Gasteiger partial charge in [0, 0.05) is 43.8 Å². The molecule has 2 aromatic rings. The molecule has 1 aliphatic heterocycles. The number of halogens is 1. The van der Waals surface area contributed by atoms with Gasteiger partial charge in [-0.3, -0.25) is 9.69 Å². The second-order valence-corrected chi connectivity index (χ2v) is 7.66. The van der Waals surface area contributed by atoms with Crippen molar-refractivity contribution in [3.8, 4) is 0 Å². The molecule has 0 bridgehead atoms. The molecule has 0 spiro atoms. The molecule has 5 nitrogen and oxygen atoms in total. The van der Waals surface area contributed by atoms with Crippen LogP contribution in [0.25, 0.3) is 6.08 Å². The summed E-state index contributed by atoms with van der Waals surface area (Å²) in [7, 11) is 0. The summed E-state index contributed by atoms with van der Waals surface area (Å²) in [5.74, 6) is -0.242. The van der Waals surface area contributed by atoms with Crippen molar-refractivity contribution in [1.82, 2.24) is 9.80 Å². The summed E-state index contributed by atoms with van der Waals surface area (Å²) < 4.78 is 5.01. The zero-order valence-electron chi connectivity index (χ0n) is 17.2. The van der Waals surface area contributed by atoms with Crippen molar-refractivity contribution in [2.45, 2.75) is 13.3 Å². The van der Waals surface area contributed by atoms with Crippen LogP contribution in [-0.4, -0.2) is 61.0 Å². The number of nitrogens with zero attached hydrogens (tertiary/aromatic N) is 2. The van der Waals surface area contributed by atoms with Gasteiger partial charge >= 0.3 is 5.97 Å². The van der Waals surface area contributed by atoms with Crippen LogP contribution in [0.4, 0.5) is 0 Å². The molecule has 3 rings (SSSR count). The molecule has 2 aromatic carbocycles. The van der Waals surface area contributed by atoms with Gasteiger partial charge in [0.05, 0.1) is 12.2 Å². The van der Waals surface area contributed by atoms with E-state index in [0.717, 1.165) is 44.7 Å². The molecule has 1 fully saturated rings. The number of esters is 1. The van der Waals surface area contributed by atoms with Gasteiger partial charge in [0.1, 0.15) is 0 Å². The second-order valence-electron chi connectivity index (χ2n) is 7.22. The van der Waals surface area contributed by atoms with E-state index in [1.54, 1.807) is 13.0 Å². The van der Waals surface area contributed by atoms with Gasteiger partial charge in [-0.1, -0.05) is 35.9 Å². The lowest BCUT2D eigenvalue weighted by atomic mass is 10.1. The van der Waals surface area contributed by atoms with E-state index in [4.69, 9.17) is 16.3 Å². The summed E-state index contributed by atoms with van der Waals surface area (Å²) in [6.07, 6.45) is 4.36. The highest BCUT2D eigenvalue weighted by molar-refractivity contribution is 6.30. The van der Waals surface area contributed by atoms with Crippen LogP contribution in [-0.2, 0) is 16.0 Å². The maximum Gasteiger partial charge on any atom is 0.338 e. The number of ether oxygens (including phenoxy) is 1. The fourth-order valence-electron chi connectivity index (χ4n) is 3.35. The summed E-state index contributed by atoms with van der Waals surface area (Å²) in [4.78, 5) is 28.4. The third-order valence-corrected chi connectivity index (χ3v) is 5.41. The SMILES string of the molecule is CCOC(=O)c1ccc(CCN2CCN(C(=O)C=Cc3ccc(Cl)cc3)CC2)cc1. The van der Waals surface area contributed by atoms with Crippen LogP contribution in [0.5, 0.6) is 0 Å². The molecule has 6 heteroatoms. The van der Waals surface area contributed by atoms with E-state index in [1.165, 1.54) is 5.56 Å². The fourth-order valence-corrected chi connectivity index (χ4v) is 3.47. The summed E-state index contributed by atoms with van der Waals surface area (Å²) in [5, 5.41) is 0.685. The summed E-state index contributed by atoms with van der Waals surface area (Å²) in [6, 6.07) is 15.0. The van der Waals surface area contributed by atoms with Crippen LogP contribution in [0, 0.1) is 0 Å². The van der Waals surface area contributed by atoms with Gasteiger partial charge < -0.3 is 9.64 Å². The Kier molecular flexibility index (Phi) is 8.05. The Balaban J connectivity index is 1.41. The van der Waals surface area contributed by atoms with Crippen LogP contribution in [0.2, 0.25) is 5.02 Å². The highest BCUT2D eigenvalue weighted by Crippen LogP contribution is 2.12. The second kappa shape index (κ2) is 11.0. The molecule has 0 N–H and O–H groups in total. The van der Waals surface area contributed by atoms with Crippen molar-refractivity contribution in [2.75, 3.05) is 39.3 Å². The quantitative estimate of drug-likeness (QED) is 0.497. The van der Waals surface area contributed by atoms with Crippen molar-refractivity contribution >= 4 is 29.6 Å². The molecular weight excluding hydrogens is 400 g/mol. The Bertz CT molecular complexity index is 870. The van der Waals surface area contributed by atoms with Crippen LogP contribution in [0.1, 0.15) is 28.4 Å². The molecule has 0 aliphatic carbocycles. The molecule has 1 heterocycles. The number of benzene rings is 2. The minimum absolute atomic E-state index is 0.0409. The first kappa shape index (κ1) is 22.1. The number of carbonyl (C=O) groups excluding carboxylic acids is 2. The molecule has 1 saturated heterocycles. The van der Waals surface area contributed by atoms with E-state index in [-0.39, 0.29) is 11.9 Å². The molecular formula is C24H27ClN2O3. The highest BCUT2D eigenvalue weighted by Gasteiger charge is 2.19. The topological polar surface area (TPSA) is 49.9 Å². The average Bonchev–Trinajstić information content (AvgIpc) is 2.78. The lowest BCUT2D eigenvalue weighted by Gasteiger charge is -2.34. The lowest BCUT2D eigenvalue weighted by molar-refractivity contribution is -0.127. The van der Waals surface area contributed by atoms with E-state index >= 15 is 0 Å². The molecule has 0 unspecified atom stereocenters. The molecule has 1 aliphatic rings. The Morgan fingerprint density at radius 1 is 1.00 bits per heavy atom. The van der Waals surface area contributed by atoms with E-state index in [0.29, 0.717) is 17.2 Å². The molecule has 30 heavy (non-hydrogen) atoms. The molecule has 0 aromatic heterocycles. The van der Waals surface area contributed by atoms with Gasteiger partial charge in [-0.05, 0) is 54.8 Å². The lowest BCUT2D eigenvalue weighted by Crippen LogP contribution is -2.48. The molecule has 1 amide bonds. The number of piperazine rings is 1. The first-order chi connectivity index (χ1) is 14.5. The number of rotatable bonds is 7. The van der Waals surface area contributed by atoms with Gasteiger partial charge in [0.2, 0.25) is 5.91 Å². The highest BCUT2D eigenvalue weighted by atomic mass is 35.5. The zero-order valence-corrected chi connectivity index (χ0v) is 18.0. The Morgan fingerprint density at radius 3 is 2.30 bits per heavy atom. The van der Waals surface area contributed by atoms with Crippen molar-refractivity contribution in [3.63, 3.8) is 0 Å². The standard InChI is InChI=1S/C24H27ClN2O3/c1-2-30-24(29)21-8-3-20(4-9-21)13-14-26-15-17-27(18-16-26)23(28)12-7-19-5-10-22(25)11-6-19/h3-12H,2,13-18H2,1H3. The summed E-state index contributed by atoms with van der Waals surface area (Å²) in [5.41, 5.74) is 2.73. The predicted octanol–water partition coefficient (Wildman–Crippen LogP) is 3.92. The number of hydrogen-bond donors (Lipinski definition) is 0. The van der Waals surface area contributed by atoms with Gasteiger partial charge in [-0.2, -0.15) is 0 Å². The van der Waals surface area contributed by atoms with Crippen LogP contribution >= 0.6 is 11.6 Å². The van der Waals surface area contributed by atoms with Gasteiger partial charge in [-0.25, -0.2) is 4.79 Å². The smallest absolute Gasteiger partial charge is 0.338 e. The third-order valence-electron chi connectivity index (χ3n) is 5.15. The van der Waals surface area contributed by atoms with Gasteiger partial charge in [0.15, 0.2) is 0 Å². The zero-order chi connectivity index (χ0) is 21.3. The minimum Gasteiger partial charge on any atom is -0.462 e. The molecule has 0 radical (unpaired) electrons. The number of hydrogen-bond acceptors (Lipinski definition) is 4. The van der Waals surface area contributed by atoms with Crippen molar-refractivity contribution in [3.05, 3.63) is 76.3 Å². The van der Waals surface area contributed by atoms with E-state index in [2.05, 4.69) is 4.90 Å². The third kappa shape index (κ3) is 6.44. The minimum atomic E-state index is -0.282. The predicted molar refractivity (Wildman–Crippen MR) is 120 cm³/mol. The van der Waals surface area contributed by atoms with Crippen molar-refractivity contribution in [2.24, 2.45) is 0 Å². The maximum atomic E-state index is 12.4. The average molecular weight is 427 g/mol. The fraction of sp³-hybridized carbons (Fsp3) is 0.333. The molecule has 158 valence electrons. The Labute approximate surface area is 182 Å². The first-order valence-electron chi connectivity index (χ1n) is 10.3. The first-order valence-corrected chi connectivity index (χ1v) is 10.6. The van der Waals surface area contributed by atoms with E-state index in [9.17, 15) is 9.59 Å². The van der Waals surface area contributed by atoms with Crippen LogP contribution < -0.4 is 0 Å².